The van der Waals surface area contributed by atoms with E-state index in [-0.39, 0.29) is 12.6 Å². The minimum atomic E-state index is -0.413. The van der Waals surface area contributed by atoms with Crippen molar-refractivity contribution in [1.29, 1.82) is 0 Å². The largest absolute Gasteiger partial charge is 0.497 e. The molecule has 0 bridgehead atoms. The molecule has 0 saturated heterocycles. The van der Waals surface area contributed by atoms with E-state index in [1.807, 2.05) is 47.0 Å². The third-order valence-corrected chi connectivity index (χ3v) is 5.67. The van der Waals surface area contributed by atoms with Crippen LogP contribution in [0, 0.1) is 0 Å². The average molecular weight is 474 g/mol. The van der Waals surface area contributed by atoms with Crippen molar-refractivity contribution in [3.63, 3.8) is 0 Å². The number of hydrogen-bond acceptors (Lipinski definition) is 5. The van der Waals surface area contributed by atoms with Crippen molar-refractivity contribution in [3.05, 3.63) is 58.2 Å². The number of aromatic nitrogens is 1. The molecule has 6 nitrogen and oxygen atoms in total. The fourth-order valence-electron chi connectivity index (χ4n) is 3.45. The van der Waals surface area contributed by atoms with Gasteiger partial charge in [-0.3, -0.25) is 4.79 Å². The lowest BCUT2D eigenvalue weighted by Gasteiger charge is -2.16. The molecule has 0 aliphatic heterocycles. The molecular weight excluding hydrogens is 450 g/mol. The molecule has 0 radical (unpaired) electrons. The second kappa shape index (κ2) is 9.80. The van der Waals surface area contributed by atoms with Gasteiger partial charge in [0.05, 0.1) is 36.5 Å². The number of hydrogen-bond donors (Lipinski definition) is 0. The van der Waals surface area contributed by atoms with Gasteiger partial charge in [0.2, 0.25) is 0 Å². The number of carbonyl (C=O) groups excluding carboxylic acids is 2. The molecule has 2 aromatic carbocycles. The smallest absolute Gasteiger partial charge is 0.356 e. The Labute approximate surface area is 183 Å². The van der Waals surface area contributed by atoms with E-state index < -0.39 is 5.97 Å². The quantitative estimate of drug-likeness (QED) is 0.427. The van der Waals surface area contributed by atoms with Crippen LogP contribution in [0.3, 0.4) is 0 Å². The number of fused-ring (bicyclic) bond motifs is 1. The van der Waals surface area contributed by atoms with Gasteiger partial charge >= 0.3 is 11.9 Å². The lowest BCUT2D eigenvalue weighted by atomic mass is 10.0. The summed E-state index contributed by atoms with van der Waals surface area (Å²) in [6.07, 6.45) is 1.59. The summed E-state index contributed by atoms with van der Waals surface area (Å²) < 4.78 is 18.1. The van der Waals surface area contributed by atoms with Crippen LogP contribution in [0.4, 0.5) is 0 Å². The summed E-state index contributed by atoms with van der Waals surface area (Å²) in [6, 6.07) is 13.5. The molecule has 0 saturated carbocycles. The first-order chi connectivity index (χ1) is 14.5. The van der Waals surface area contributed by atoms with E-state index in [4.69, 9.17) is 14.2 Å². The van der Waals surface area contributed by atoms with Crippen molar-refractivity contribution < 1.29 is 23.8 Å². The maximum absolute atomic E-state index is 12.9. The Hall–Kier alpha value is -2.80. The summed E-state index contributed by atoms with van der Waals surface area (Å²) in [4.78, 5) is 24.4. The van der Waals surface area contributed by atoms with Gasteiger partial charge in [0.25, 0.3) is 0 Å². The Bertz CT molecular complexity index is 1070. The predicted octanol–water partition coefficient (Wildman–Crippen LogP) is 5.07. The summed E-state index contributed by atoms with van der Waals surface area (Å²) in [5.41, 5.74) is 3.08. The number of methoxy groups -OCH3 is 2. The molecule has 3 rings (SSSR count). The Kier molecular flexibility index (Phi) is 7.15. The van der Waals surface area contributed by atoms with Gasteiger partial charge in [-0.25, -0.2) is 4.79 Å². The Morgan fingerprint density at radius 2 is 1.87 bits per heavy atom. The summed E-state index contributed by atoms with van der Waals surface area (Å²) in [5.74, 6) is 0.0146. The summed E-state index contributed by atoms with van der Waals surface area (Å²) in [6.45, 7) is 2.06. The predicted molar refractivity (Wildman–Crippen MR) is 118 cm³/mol. The van der Waals surface area contributed by atoms with E-state index in [2.05, 4.69) is 15.9 Å². The van der Waals surface area contributed by atoms with E-state index in [0.29, 0.717) is 35.2 Å². The monoisotopic (exact) mass is 473 g/mol. The standard InChI is InChI=1S/C23H24BrNO5/c1-4-30-23(27)22-21(24)17-9-5-6-10-18(17)25(22)19-14-16(28-2)13-12-15(19)8-7-11-20(26)29-3/h5-6,9-10,12-14H,4,7-8,11H2,1-3H3. The number of nitrogens with zero attached hydrogens (tertiary/aromatic N) is 1. The van der Waals surface area contributed by atoms with Gasteiger partial charge in [0, 0.05) is 17.9 Å². The minimum Gasteiger partial charge on any atom is -0.497 e. The van der Waals surface area contributed by atoms with Crippen LogP contribution in [-0.4, -0.2) is 37.3 Å². The first kappa shape index (κ1) is 21.9. The second-order valence-corrected chi connectivity index (χ2v) is 7.45. The highest BCUT2D eigenvalue weighted by atomic mass is 79.9. The van der Waals surface area contributed by atoms with Gasteiger partial charge < -0.3 is 18.8 Å². The average Bonchev–Trinajstić information content (AvgIpc) is 3.06. The number of para-hydroxylation sites is 1. The number of ether oxygens (including phenoxy) is 3. The third-order valence-electron chi connectivity index (χ3n) is 4.87. The fraction of sp³-hybridized carbons (Fsp3) is 0.304. The van der Waals surface area contributed by atoms with Crippen LogP contribution >= 0.6 is 15.9 Å². The normalized spacial score (nSPS) is 10.8. The van der Waals surface area contributed by atoms with Crippen molar-refractivity contribution in [3.8, 4) is 11.4 Å². The maximum Gasteiger partial charge on any atom is 0.356 e. The molecule has 0 fully saturated rings. The molecule has 158 valence electrons. The molecule has 7 heteroatoms. The van der Waals surface area contributed by atoms with Gasteiger partial charge in [-0.15, -0.1) is 0 Å². The molecule has 0 N–H and O–H groups in total. The number of rotatable bonds is 8. The molecule has 1 aromatic heterocycles. The first-order valence-corrected chi connectivity index (χ1v) is 10.5. The number of carbonyl (C=O) groups is 2. The topological polar surface area (TPSA) is 66.8 Å². The van der Waals surface area contributed by atoms with Crippen molar-refractivity contribution >= 4 is 38.8 Å². The Morgan fingerprint density at radius 3 is 2.57 bits per heavy atom. The van der Waals surface area contributed by atoms with Crippen LogP contribution < -0.4 is 4.74 Å². The highest BCUT2D eigenvalue weighted by Crippen LogP contribution is 2.36. The SMILES string of the molecule is CCOC(=O)c1c(Br)c2ccccc2n1-c1cc(OC)ccc1CCCC(=O)OC. The van der Waals surface area contributed by atoms with E-state index in [1.165, 1.54) is 7.11 Å². The Balaban J connectivity index is 2.19. The Morgan fingerprint density at radius 1 is 1.10 bits per heavy atom. The second-order valence-electron chi connectivity index (χ2n) is 6.66. The molecule has 0 amide bonds. The number of benzene rings is 2. The van der Waals surface area contributed by atoms with Gasteiger partial charge in [0.15, 0.2) is 0 Å². The highest BCUT2D eigenvalue weighted by Gasteiger charge is 2.25. The third kappa shape index (κ3) is 4.36. The van der Waals surface area contributed by atoms with Gasteiger partial charge in [-0.05, 0) is 53.4 Å². The van der Waals surface area contributed by atoms with Gasteiger partial charge in [0.1, 0.15) is 11.4 Å². The van der Waals surface area contributed by atoms with Gasteiger partial charge in [-0.1, -0.05) is 24.3 Å². The first-order valence-electron chi connectivity index (χ1n) is 9.72. The zero-order valence-corrected chi connectivity index (χ0v) is 18.8. The highest BCUT2D eigenvalue weighted by molar-refractivity contribution is 9.10. The van der Waals surface area contributed by atoms with E-state index in [9.17, 15) is 9.59 Å². The lowest BCUT2D eigenvalue weighted by molar-refractivity contribution is -0.140. The fourth-order valence-corrected chi connectivity index (χ4v) is 4.12. The molecule has 30 heavy (non-hydrogen) atoms. The van der Waals surface area contributed by atoms with Crippen molar-refractivity contribution in [2.45, 2.75) is 26.2 Å². The molecule has 0 spiro atoms. The maximum atomic E-state index is 12.9. The summed E-state index contributed by atoms with van der Waals surface area (Å²) >= 11 is 3.60. The van der Waals surface area contributed by atoms with Crippen LogP contribution in [-0.2, 0) is 20.7 Å². The van der Waals surface area contributed by atoms with Crippen molar-refractivity contribution in [2.75, 3.05) is 20.8 Å². The number of aryl methyl sites for hydroxylation is 1. The molecule has 1 heterocycles. The lowest BCUT2D eigenvalue weighted by Crippen LogP contribution is -2.13. The summed E-state index contributed by atoms with van der Waals surface area (Å²) in [5, 5.41) is 0.906. The van der Waals surface area contributed by atoms with Crippen LogP contribution in [0.1, 0.15) is 35.8 Å². The van der Waals surface area contributed by atoms with Crippen molar-refractivity contribution in [1.82, 2.24) is 4.57 Å². The number of esters is 2. The van der Waals surface area contributed by atoms with Crippen LogP contribution in [0.25, 0.3) is 16.6 Å². The van der Waals surface area contributed by atoms with Crippen LogP contribution in [0.5, 0.6) is 5.75 Å². The minimum absolute atomic E-state index is 0.244. The molecular formula is C23H24BrNO5. The molecule has 0 atom stereocenters. The van der Waals surface area contributed by atoms with Crippen LogP contribution in [0.2, 0.25) is 0 Å². The number of halogens is 1. The van der Waals surface area contributed by atoms with Crippen molar-refractivity contribution in [2.24, 2.45) is 0 Å². The zero-order valence-electron chi connectivity index (χ0n) is 17.2. The molecule has 0 aliphatic carbocycles. The summed E-state index contributed by atoms with van der Waals surface area (Å²) in [7, 11) is 2.99. The van der Waals surface area contributed by atoms with Gasteiger partial charge in [-0.2, -0.15) is 0 Å². The molecule has 3 aromatic rings. The zero-order chi connectivity index (χ0) is 21.7. The van der Waals surface area contributed by atoms with Crippen LogP contribution in [0.15, 0.2) is 46.9 Å². The van der Waals surface area contributed by atoms with E-state index in [1.54, 1.807) is 14.0 Å². The molecule has 0 unspecified atom stereocenters. The van der Waals surface area contributed by atoms with E-state index >= 15 is 0 Å². The van der Waals surface area contributed by atoms with E-state index in [0.717, 1.165) is 22.2 Å². The molecule has 0 aliphatic rings.